The van der Waals surface area contributed by atoms with Crippen LogP contribution in [0.2, 0.25) is 5.02 Å². The quantitative estimate of drug-likeness (QED) is 0.337. The van der Waals surface area contributed by atoms with E-state index in [-0.39, 0.29) is 23.3 Å². The molecule has 0 aromatic heterocycles. The third kappa shape index (κ3) is 4.46. The van der Waals surface area contributed by atoms with Crippen molar-refractivity contribution < 1.29 is 33.3 Å². The van der Waals surface area contributed by atoms with E-state index >= 15 is 8.78 Å². The Kier molecular flexibility index (Phi) is 6.79. The van der Waals surface area contributed by atoms with Gasteiger partial charge in [0.25, 0.3) is 0 Å². The monoisotopic (exact) mass is 568 g/mol. The Morgan fingerprint density at radius 1 is 1.20 bits per heavy atom. The number of likely N-dealkylation sites (tertiary alicyclic amines) is 1. The minimum absolute atomic E-state index is 0.0393. The molecule has 40 heavy (non-hydrogen) atoms. The molecule has 1 amide bonds. The van der Waals surface area contributed by atoms with Crippen LogP contribution in [0, 0.1) is 23.0 Å². The zero-order valence-corrected chi connectivity index (χ0v) is 22.9. The highest BCUT2D eigenvalue weighted by Gasteiger charge is 2.54. The van der Waals surface area contributed by atoms with E-state index in [1.54, 1.807) is 31.7 Å². The summed E-state index contributed by atoms with van der Waals surface area (Å²) in [5, 5.41) is 29.3. The van der Waals surface area contributed by atoms with E-state index in [9.17, 15) is 20.3 Å². The van der Waals surface area contributed by atoms with Gasteiger partial charge in [0.15, 0.2) is 22.9 Å². The Morgan fingerprint density at radius 3 is 2.55 bits per heavy atom. The third-order valence-electron chi connectivity index (χ3n) is 7.29. The van der Waals surface area contributed by atoms with Crippen LogP contribution in [0.25, 0.3) is 11.1 Å². The minimum Gasteiger partial charge on any atom is -0.504 e. The molecule has 2 atom stereocenters. The molecule has 2 aliphatic rings. The molecule has 0 bridgehead atoms. The number of ether oxygens (including phenoxy) is 2. The number of nitrogens with zero attached hydrogens (tertiary/aromatic N) is 2. The molecule has 3 aromatic carbocycles. The van der Waals surface area contributed by atoms with Gasteiger partial charge in [0, 0.05) is 41.8 Å². The molecule has 2 aliphatic heterocycles. The lowest BCUT2D eigenvalue weighted by Crippen LogP contribution is -2.53. The molecule has 0 unspecified atom stereocenters. The number of hydrogen-bond donors (Lipinski definition) is 2. The summed E-state index contributed by atoms with van der Waals surface area (Å²) in [4.78, 5) is 14.9. The first-order valence-corrected chi connectivity index (χ1v) is 13.2. The number of halogens is 3. The van der Waals surface area contributed by atoms with Crippen molar-refractivity contribution in [3.8, 4) is 34.4 Å². The lowest BCUT2D eigenvalue weighted by Gasteiger charge is -2.40. The van der Waals surface area contributed by atoms with Crippen LogP contribution in [-0.2, 0) is 16.8 Å². The fraction of sp³-hybridized carbons (Fsp3) is 0.333. The number of rotatable bonds is 3. The van der Waals surface area contributed by atoms with Gasteiger partial charge in [-0.15, -0.1) is 0 Å². The summed E-state index contributed by atoms with van der Waals surface area (Å²) in [7, 11) is 0. The van der Waals surface area contributed by atoms with E-state index in [0.717, 1.165) is 12.1 Å². The van der Waals surface area contributed by atoms with Crippen LogP contribution in [-0.4, -0.2) is 39.4 Å². The summed E-state index contributed by atoms with van der Waals surface area (Å²) in [6.45, 7) is 5.73. The Labute approximate surface area is 235 Å². The van der Waals surface area contributed by atoms with E-state index in [1.165, 1.54) is 0 Å². The molecule has 208 valence electrons. The highest BCUT2D eigenvalue weighted by atomic mass is 35.5. The smallest absolute Gasteiger partial charge is 0.410 e. The van der Waals surface area contributed by atoms with Gasteiger partial charge in [0.05, 0.1) is 16.6 Å². The number of nitriles is 1. The van der Waals surface area contributed by atoms with Crippen molar-refractivity contribution in [1.82, 2.24) is 4.90 Å². The largest absolute Gasteiger partial charge is 0.504 e. The number of phenolic OH excluding ortho intramolecular Hbond substituents is 2. The Bertz CT molecular complexity index is 1550. The van der Waals surface area contributed by atoms with Gasteiger partial charge in [-0.25, -0.2) is 13.6 Å². The van der Waals surface area contributed by atoms with Gasteiger partial charge in [0.1, 0.15) is 23.2 Å². The number of benzene rings is 3. The second-order valence-electron chi connectivity index (χ2n) is 11.0. The topological polar surface area (TPSA) is 103 Å². The maximum Gasteiger partial charge on any atom is 0.410 e. The van der Waals surface area contributed by atoms with Crippen LogP contribution in [0.15, 0.2) is 42.5 Å². The summed E-state index contributed by atoms with van der Waals surface area (Å²) in [6, 6.07) is 12.4. The highest BCUT2D eigenvalue weighted by Crippen LogP contribution is 2.54. The average molecular weight is 569 g/mol. The van der Waals surface area contributed by atoms with Crippen LogP contribution in [0.1, 0.15) is 50.3 Å². The van der Waals surface area contributed by atoms with Gasteiger partial charge in [0.2, 0.25) is 0 Å². The van der Waals surface area contributed by atoms with Gasteiger partial charge in [-0.2, -0.15) is 5.26 Å². The Morgan fingerprint density at radius 2 is 1.90 bits per heavy atom. The molecule has 7 nitrogen and oxygen atoms in total. The fourth-order valence-electron chi connectivity index (χ4n) is 5.67. The normalized spacial score (nSPS) is 20.1. The number of phenols is 2. The first-order valence-electron chi connectivity index (χ1n) is 12.8. The number of amides is 1. The van der Waals surface area contributed by atoms with Crippen molar-refractivity contribution in [3.05, 3.63) is 75.8 Å². The van der Waals surface area contributed by atoms with Crippen molar-refractivity contribution >= 4 is 17.7 Å². The lowest BCUT2D eigenvalue weighted by molar-refractivity contribution is -0.0216. The van der Waals surface area contributed by atoms with Crippen molar-refractivity contribution in [1.29, 1.82) is 5.26 Å². The molecule has 2 heterocycles. The molecule has 0 radical (unpaired) electrons. The van der Waals surface area contributed by atoms with Gasteiger partial charge >= 0.3 is 6.09 Å². The number of fused-ring (bicyclic) bond motifs is 1. The van der Waals surface area contributed by atoms with Crippen LogP contribution in [0.3, 0.4) is 0 Å². The van der Waals surface area contributed by atoms with Crippen LogP contribution >= 0.6 is 11.6 Å². The van der Waals surface area contributed by atoms with Crippen molar-refractivity contribution in [2.75, 3.05) is 6.54 Å². The second kappa shape index (κ2) is 9.86. The van der Waals surface area contributed by atoms with Gasteiger partial charge in [-0.1, -0.05) is 41.9 Å². The van der Waals surface area contributed by atoms with Crippen LogP contribution in [0.4, 0.5) is 13.6 Å². The second-order valence-corrected chi connectivity index (χ2v) is 11.4. The summed E-state index contributed by atoms with van der Waals surface area (Å²) in [5.41, 5.74) is -1.95. The highest BCUT2D eigenvalue weighted by molar-refractivity contribution is 6.34. The van der Waals surface area contributed by atoms with E-state index in [0.29, 0.717) is 30.5 Å². The van der Waals surface area contributed by atoms with Crippen molar-refractivity contribution in [2.24, 2.45) is 0 Å². The van der Waals surface area contributed by atoms with Crippen LogP contribution < -0.4 is 4.74 Å². The molecule has 5 rings (SSSR count). The summed E-state index contributed by atoms with van der Waals surface area (Å²) >= 11 is 6.42. The van der Waals surface area contributed by atoms with Gasteiger partial charge < -0.3 is 24.6 Å². The van der Waals surface area contributed by atoms with Crippen molar-refractivity contribution in [2.45, 2.75) is 57.3 Å². The molecule has 10 heteroatoms. The summed E-state index contributed by atoms with van der Waals surface area (Å²) in [6.07, 6.45) is 0.734. The van der Waals surface area contributed by atoms with E-state index in [4.69, 9.17) is 21.1 Å². The number of hydrogen-bond acceptors (Lipinski definition) is 6. The van der Waals surface area contributed by atoms with E-state index < -0.39 is 57.1 Å². The first kappa shape index (κ1) is 27.5. The minimum atomic E-state index is -1.32. The average Bonchev–Trinajstić information content (AvgIpc) is 3.54. The van der Waals surface area contributed by atoms with Crippen molar-refractivity contribution in [3.63, 3.8) is 0 Å². The molecular weight excluding hydrogens is 542 g/mol. The Balaban J connectivity index is 1.72. The maximum absolute atomic E-state index is 15.5. The summed E-state index contributed by atoms with van der Waals surface area (Å²) in [5.74, 6) is -4.11. The number of carbonyl (C=O) groups is 1. The zero-order chi connectivity index (χ0) is 29.0. The molecule has 1 fully saturated rings. The molecule has 2 N–H and O–H groups in total. The van der Waals surface area contributed by atoms with Gasteiger partial charge in [-0.05, 0) is 39.2 Å². The van der Waals surface area contributed by atoms with Gasteiger partial charge in [-0.3, -0.25) is 0 Å². The van der Waals surface area contributed by atoms with E-state index in [1.807, 2.05) is 30.3 Å². The maximum atomic E-state index is 15.5. The molecular formula is C30H27ClF2N2O5. The molecule has 1 saturated heterocycles. The molecule has 3 aromatic rings. The number of carbonyl (C=O) groups excluding carboxylic acids is 1. The molecule has 0 aliphatic carbocycles. The Hall–Kier alpha value is -4.03. The SMILES string of the molecule is CC(C)(C)OC(=O)N1CCC[C@H]1[C@@]1(c2ccccc2)Cc2c(cc(F)c(Cl)c2-c2c(C#N)cc(O)c(O)c2F)O1. The number of aromatic hydroxyl groups is 2. The van der Waals surface area contributed by atoms with Crippen LogP contribution in [0.5, 0.6) is 17.2 Å². The zero-order valence-electron chi connectivity index (χ0n) is 22.1. The van der Waals surface area contributed by atoms with E-state index in [2.05, 4.69) is 0 Å². The molecule has 0 spiro atoms. The third-order valence-corrected chi connectivity index (χ3v) is 7.66. The lowest BCUT2D eigenvalue weighted by atomic mass is 9.79. The summed E-state index contributed by atoms with van der Waals surface area (Å²) < 4.78 is 43.0. The predicted molar refractivity (Wildman–Crippen MR) is 143 cm³/mol. The standard InChI is InChI=1S/C30H27ClF2N2O5/c1-29(2,3)40-28(38)35-11-7-10-22(35)30(17-8-5-4-6-9-17)14-18-21(39-30)13-19(32)25(31)24(18)23-16(15-34)12-20(36)27(37)26(23)33/h4-6,8-9,12-13,22,36-37H,7,10-11,14H2,1-3H3/t22-,30-/m0/s1. The molecule has 0 saturated carbocycles. The fourth-order valence-corrected chi connectivity index (χ4v) is 5.93. The predicted octanol–water partition coefficient (Wildman–Crippen LogP) is 6.80. The first-order chi connectivity index (χ1) is 18.9.